The van der Waals surface area contributed by atoms with Gasteiger partial charge in [-0.3, -0.25) is 9.59 Å². The summed E-state index contributed by atoms with van der Waals surface area (Å²) in [6.07, 6.45) is 2.67. The van der Waals surface area contributed by atoms with Crippen molar-refractivity contribution in [1.29, 1.82) is 0 Å². The van der Waals surface area contributed by atoms with Gasteiger partial charge in [-0.15, -0.1) is 0 Å². The zero-order valence-electron chi connectivity index (χ0n) is 37.2. The first-order chi connectivity index (χ1) is 30.3. The second-order valence-electron chi connectivity index (χ2n) is 17.8. The molecule has 2 saturated heterocycles. The van der Waals surface area contributed by atoms with E-state index in [1.807, 2.05) is 49.8 Å². The Morgan fingerprint density at radius 2 is 1.57 bits per heavy atom. The smallest absolute Gasteiger partial charge is 0.407 e. The van der Waals surface area contributed by atoms with E-state index in [4.69, 9.17) is 28.9 Å². The van der Waals surface area contributed by atoms with Crippen molar-refractivity contribution in [1.82, 2.24) is 40.4 Å². The maximum absolute atomic E-state index is 14.1. The van der Waals surface area contributed by atoms with Crippen molar-refractivity contribution in [2.45, 2.75) is 84.7 Å². The molecule has 2 fully saturated rings. The second-order valence-corrected chi connectivity index (χ2v) is 17.8. The number of alkyl carbamates (subject to hydrolysis) is 2. The van der Waals surface area contributed by atoms with Gasteiger partial charge in [0.05, 0.1) is 55.8 Å². The minimum atomic E-state index is -0.762. The Morgan fingerprint density at radius 3 is 2.29 bits per heavy atom. The summed E-state index contributed by atoms with van der Waals surface area (Å²) in [6, 6.07) is 12.5. The molecule has 16 nitrogen and oxygen atoms in total. The summed E-state index contributed by atoms with van der Waals surface area (Å²) in [5.74, 6) is 1.93. The number of fused-ring (bicyclic) bond motifs is 6. The molecule has 16 heteroatoms. The number of hydrogen-bond acceptors (Lipinski definition) is 10. The highest BCUT2D eigenvalue weighted by atomic mass is 16.5. The number of H-pyrrole nitrogens is 2. The van der Waals surface area contributed by atoms with Crippen LogP contribution in [0.15, 0.2) is 48.7 Å². The van der Waals surface area contributed by atoms with Crippen molar-refractivity contribution >= 4 is 45.8 Å². The van der Waals surface area contributed by atoms with E-state index < -0.39 is 24.3 Å². The van der Waals surface area contributed by atoms with Gasteiger partial charge in [0.2, 0.25) is 11.8 Å². The van der Waals surface area contributed by atoms with Crippen LogP contribution < -0.4 is 15.4 Å². The monoisotopic (exact) mass is 862 g/mol. The number of carbonyl (C=O) groups is 4. The van der Waals surface area contributed by atoms with Crippen molar-refractivity contribution < 1.29 is 38.1 Å². The number of imidazole rings is 2. The van der Waals surface area contributed by atoms with Gasteiger partial charge in [0.1, 0.15) is 36.1 Å². The minimum Gasteiger partial charge on any atom is -0.488 e. The number of carbonyl (C=O) groups excluding carboxylic acids is 4. The Balaban J connectivity index is 1.05. The molecule has 8 rings (SSSR count). The number of aromatic amines is 2. The van der Waals surface area contributed by atoms with E-state index in [1.165, 1.54) is 14.2 Å². The lowest BCUT2D eigenvalue weighted by atomic mass is 9.92. The molecule has 2 aromatic heterocycles. The Hall–Kier alpha value is -6.16. The molecule has 0 bridgehead atoms. The predicted molar refractivity (Wildman–Crippen MR) is 237 cm³/mol. The van der Waals surface area contributed by atoms with Crippen LogP contribution in [0.5, 0.6) is 5.75 Å². The van der Waals surface area contributed by atoms with E-state index >= 15 is 0 Å². The number of nitrogens with one attached hydrogen (secondary N) is 4. The van der Waals surface area contributed by atoms with Crippen molar-refractivity contribution in [2.24, 2.45) is 23.7 Å². The number of nitrogens with zero attached hydrogens (tertiary/aromatic N) is 4. The van der Waals surface area contributed by atoms with Gasteiger partial charge in [-0.25, -0.2) is 19.6 Å². The van der Waals surface area contributed by atoms with Crippen LogP contribution in [-0.4, -0.2) is 107 Å². The predicted octanol–water partition coefficient (Wildman–Crippen LogP) is 7.26. The maximum Gasteiger partial charge on any atom is 0.407 e. The number of likely N-dealkylation sites (tertiary alicyclic amines) is 2. The summed E-state index contributed by atoms with van der Waals surface area (Å²) in [6.45, 7) is 11.8. The van der Waals surface area contributed by atoms with Crippen LogP contribution in [-0.2, 0) is 30.4 Å². The van der Waals surface area contributed by atoms with Crippen LogP contribution in [0.25, 0.3) is 44.2 Å². The van der Waals surface area contributed by atoms with Gasteiger partial charge in [0.15, 0.2) is 0 Å². The highest BCUT2D eigenvalue weighted by molar-refractivity contribution is 6.07. The third kappa shape index (κ3) is 8.40. The van der Waals surface area contributed by atoms with Gasteiger partial charge in [0, 0.05) is 37.1 Å². The molecule has 0 saturated carbocycles. The lowest BCUT2D eigenvalue weighted by molar-refractivity contribution is -0.136. The van der Waals surface area contributed by atoms with Gasteiger partial charge in [0.25, 0.3) is 0 Å². The van der Waals surface area contributed by atoms with E-state index in [-0.39, 0.29) is 47.6 Å². The first-order valence-electron chi connectivity index (χ1n) is 21.9. The first-order valence-corrected chi connectivity index (χ1v) is 21.9. The number of benzene rings is 3. The molecule has 3 aliphatic heterocycles. The van der Waals surface area contributed by atoms with Crippen LogP contribution in [0.2, 0.25) is 0 Å². The lowest BCUT2D eigenvalue weighted by Crippen LogP contribution is -2.51. The average molecular weight is 863 g/mol. The summed E-state index contributed by atoms with van der Waals surface area (Å²) in [7, 11) is 4.25. The average Bonchev–Trinajstić information content (AvgIpc) is 4.11. The molecule has 5 heterocycles. The summed E-state index contributed by atoms with van der Waals surface area (Å²) in [5.41, 5.74) is 6.52. The molecule has 4 N–H and O–H groups in total. The number of aromatic nitrogens is 4. The van der Waals surface area contributed by atoms with Crippen LogP contribution in [0.1, 0.15) is 83.2 Å². The molecule has 0 spiro atoms. The number of ether oxygens (including phenoxy) is 4. The van der Waals surface area contributed by atoms with Crippen molar-refractivity contribution in [2.75, 3.05) is 41.0 Å². The Morgan fingerprint density at radius 1 is 0.857 bits per heavy atom. The Kier molecular flexibility index (Phi) is 12.4. The van der Waals surface area contributed by atoms with E-state index in [0.717, 1.165) is 68.3 Å². The molecule has 2 unspecified atom stereocenters. The molecule has 7 atom stereocenters. The Bertz CT molecular complexity index is 2530. The summed E-state index contributed by atoms with van der Waals surface area (Å²) in [4.78, 5) is 73.0. The molecule has 63 heavy (non-hydrogen) atoms. The summed E-state index contributed by atoms with van der Waals surface area (Å²) < 4.78 is 21.6. The fourth-order valence-electron chi connectivity index (χ4n) is 9.55. The standard InChI is InChI=1S/C47H58N8O8/c1-9-26(5)40(53-47(59)62-8)45(57)54-20-25(4)14-36(54)42-48-19-35(50-42)29-10-12-31-30(16-29)23-63-38-18-32-28(17-33(31)38)11-13-34-41(32)51-43(49-34)37-15-27(22-60-6)21-55(37)44(56)39(24(2)3)52-46(58)61-7/h10-13,16-19,24-27,36-37,39-40H,9,14-15,20-23H2,1-8H3,(H,48,50)(H,49,51)(H,52,58)(H,53,59)/t25-,26-,27?,36?,37-,39-,40-/m0/s1. The van der Waals surface area contributed by atoms with Gasteiger partial charge in [-0.1, -0.05) is 59.2 Å². The third-order valence-corrected chi connectivity index (χ3v) is 13.1. The van der Waals surface area contributed by atoms with Crippen molar-refractivity contribution in [3.63, 3.8) is 0 Å². The minimum absolute atomic E-state index is 0.0789. The maximum atomic E-state index is 14.1. The zero-order chi connectivity index (χ0) is 44.7. The molecule has 334 valence electrons. The molecule has 0 aliphatic carbocycles. The zero-order valence-corrected chi connectivity index (χ0v) is 37.2. The molecule has 4 amide bonds. The molecular weight excluding hydrogens is 805 g/mol. The normalized spacial score (nSPS) is 20.8. The fourth-order valence-corrected chi connectivity index (χ4v) is 9.55. The van der Waals surface area contributed by atoms with Crippen LogP contribution in [0.4, 0.5) is 9.59 Å². The highest BCUT2D eigenvalue weighted by Gasteiger charge is 2.43. The van der Waals surface area contributed by atoms with Gasteiger partial charge in [-0.2, -0.15) is 0 Å². The largest absolute Gasteiger partial charge is 0.488 e. The molecule has 3 aliphatic rings. The number of methoxy groups -OCH3 is 3. The fraction of sp³-hybridized carbons (Fsp3) is 0.489. The summed E-state index contributed by atoms with van der Waals surface area (Å²) in [5, 5.41) is 7.47. The number of rotatable bonds is 12. The van der Waals surface area contributed by atoms with Gasteiger partial charge < -0.3 is 49.3 Å². The van der Waals surface area contributed by atoms with Crippen molar-refractivity contribution in [3.8, 4) is 28.1 Å². The SMILES string of the molecule is CC[C@H](C)[C@H](NC(=O)OC)C(=O)N1C[C@@H](C)CC1c1ncc(-c2ccc3c(c2)COc2cc4c(ccc5nc([C@@H]6CC(COC)CN6C(=O)[C@@H](NC(=O)OC)C(C)C)[nH]c54)cc2-3)[nH]1. The van der Waals surface area contributed by atoms with Gasteiger partial charge in [-0.05, 0) is 76.9 Å². The molecular formula is C47H58N8O8. The molecule has 3 aromatic carbocycles. The Labute approximate surface area is 366 Å². The number of amides is 4. The molecule has 5 aromatic rings. The lowest BCUT2D eigenvalue weighted by Gasteiger charge is -2.30. The van der Waals surface area contributed by atoms with E-state index in [9.17, 15) is 19.2 Å². The highest BCUT2D eigenvalue weighted by Crippen LogP contribution is 2.44. The van der Waals surface area contributed by atoms with E-state index in [2.05, 4.69) is 63.9 Å². The molecule has 0 radical (unpaired) electrons. The van der Waals surface area contributed by atoms with Crippen LogP contribution in [0, 0.1) is 23.7 Å². The van der Waals surface area contributed by atoms with E-state index in [0.29, 0.717) is 44.4 Å². The third-order valence-electron chi connectivity index (χ3n) is 13.1. The van der Waals surface area contributed by atoms with Gasteiger partial charge >= 0.3 is 12.2 Å². The summed E-state index contributed by atoms with van der Waals surface area (Å²) >= 11 is 0. The quantitative estimate of drug-likeness (QED) is 0.0992. The van der Waals surface area contributed by atoms with Crippen LogP contribution in [0.3, 0.4) is 0 Å². The van der Waals surface area contributed by atoms with Crippen LogP contribution >= 0.6 is 0 Å². The second kappa shape index (κ2) is 17.9. The van der Waals surface area contributed by atoms with Crippen molar-refractivity contribution in [3.05, 3.63) is 65.9 Å². The number of hydrogen-bond donors (Lipinski definition) is 4. The topological polar surface area (TPSA) is 193 Å². The van der Waals surface area contributed by atoms with E-state index in [1.54, 1.807) is 7.11 Å². The first kappa shape index (κ1) is 43.5.